The molecule has 0 atom stereocenters. The Hall–Kier alpha value is -3.50. The van der Waals surface area contributed by atoms with E-state index in [2.05, 4.69) is 10.5 Å². The quantitative estimate of drug-likeness (QED) is 0.515. The molecule has 1 heterocycles. The van der Waals surface area contributed by atoms with Gasteiger partial charge in [0.15, 0.2) is 6.61 Å². The predicted molar refractivity (Wildman–Crippen MR) is 102 cm³/mol. The summed E-state index contributed by atoms with van der Waals surface area (Å²) < 4.78 is 18.2. The van der Waals surface area contributed by atoms with Crippen molar-refractivity contribution < 1.29 is 13.9 Å². The van der Waals surface area contributed by atoms with E-state index in [9.17, 15) is 9.18 Å². The summed E-state index contributed by atoms with van der Waals surface area (Å²) in [6.07, 6.45) is 1.51. The molecule has 3 aromatic rings. The minimum absolute atomic E-state index is 0.00971. The van der Waals surface area contributed by atoms with Gasteiger partial charge in [0, 0.05) is 4.88 Å². The first-order valence-electron chi connectivity index (χ1n) is 7.95. The molecule has 0 aliphatic carbocycles. The highest BCUT2D eigenvalue weighted by molar-refractivity contribution is 7.17. The molecule has 1 aromatic heterocycles. The molecule has 0 radical (unpaired) electrons. The van der Waals surface area contributed by atoms with Gasteiger partial charge in [0.2, 0.25) is 0 Å². The molecule has 0 fully saturated rings. The number of carbonyl (C=O) groups excluding carboxylic acids is 1. The van der Waals surface area contributed by atoms with Crippen LogP contribution in [0.1, 0.15) is 15.2 Å². The zero-order valence-corrected chi connectivity index (χ0v) is 14.9. The predicted octanol–water partition coefficient (Wildman–Crippen LogP) is 4.22. The van der Waals surface area contributed by atoms with Crippen LogP contribution in [0.5, 0.6) is 5.75 Å². The fraction of sp³-hybridized carbons (Fsp3) is 0.0500. The normalized spacial score (nSPS) is 10.5. The SMILES string of the molecule is N#CCOc1ccc(/C=N\NC(=O)c2ccc(-c3ccc(F)cc3)s2)cc1. The summed E-state index contributed by atoms with van der Waals surface area (Å²) in [4.78, 5) is 13.6. The second kappa shape index (κ2) is 8.74. The first-order valence-corrected chi connectivity index (χ1v) is 8.76. The molecule has 1 amide bonds. The third-order valence-electron chi connectivity index (χ3n) is 3.52. The molecule has 0 saturated carbocycles. The number of hydrogen-bond donors (Lipinski definition) is 1. The Morgan fingerprint density at radius 1 is 1.15 bits per heavy atom. The van der Waals surface area contributed by atoms with Gasteiger partial charge in [-0.3, -0.25) is 4.79 Å². The van der Waals surface area contributed by atoms with Crippen LogP contribution >= 0.6 is 11.3 Å². The van der Waals surface area contributed by atoms with E-state index in [1.807, 2.05) is 12.1 Å². The van der Waals surface area contributed by atoms with E-state index in [1.165, 1.54) is 29.7 Å². The Bertz CT molecular complexity index is 989. The highest BCUT2D eigenvalue weighted by atomic mass is 32.1. The lowest BCUT2D eigenvalue weighted by molar-refractivity contribution is 0.0959. The van der Waals surface area contributed by atoms with E-state index >= 15 is 0 Å². The van der Waals surface area contributed by atoms with Crippen LogP contribution in [0, 0.1) is 17.1 Å². The molecular formula is C20H14FN3O2S. The van der Waals surface area contributed by atoms with Crippen LogP contribution in [-0.4, -0.2) is 18.7 Å². The van der Waals surface area contributed by atoms with Gasteiger partial charge in [-0.05, 0) is 59.7 Å². The summed E-state index contributed by atoms with van der Waals surface area (Å²) in [5, 5.41) is 12.4. The number of ether oxygens (including phenoxy) is 1. The van der Waals surface area contributed by atoms with Crippen LogP contribution in [-0.2, 0) is 0 Å². The smallest absolute Gasteiger partial charge is 0.281 e. The van der Waals surface area contributed by atoms with Crippen LogP contribution in [0.25, 0.3) is 10.4 Å². The number of carbonyl (C=O) groups is 1. The van der Waals surface area contributed by atoms with E-state index in [1.54, 1.807) is 42.5 Å². The molecule has 0 bridgehead atoms. The Kier molecular flexibility index (Phi) is 5.92. The molecule has 0 aliphatic heterocycles. The number of thiophene rings is 1. The summed E-state index contributed by atoms with van der Waals surface area (Å²) in [5.74, 6) is -0.0319. The number of benzene rings is 2. The zero-order chi connectivity index (χ0) is 19.1. The van der Waals surface area contributed by atoms with Gasteiger partial charge in [-0.2, -0.15) is 10.4 Å². The third kappa shape index (κ3) is 5.00. The fourth-order valence-electron chi connectivity index (χ4n) is 2.22. The largest absolute Gasteiger partial charge is 0.479 e. The van der Waals surface area contributed by atoms with Gasteiger partial charge in [0.1, 0.15) is 17.6 Å². The van der Waals surface area contributed by atoms with E-state index in [0.717, 1.165) is 16.0 Å². The third-order valence-corrected chi connectivity index (χ3v) is 4.65. The number of rotatable bonds is 6. The number of amides is 1. The van der Waals surface area contributed by atoms with Crippen LogP contribution in [0.2, 0.25) is 0 Å². The van der Waals surface area contributed by atoms with E-state index < -0.39 is 0 Å². The molecule has 3 rings (SSSR count). The lowest BCUT2D eigenvalue weighted by atomic mass is 10.2. The van der Waals surface area contributed by atoms with Crippen LogP contribution in [0.3, 0.4) is 0 Å². The number of nitriles is 1. The Morgan fingerprint density at radius 3 is 2.59 bits per heavy atom. The molecule has 0 unspecified atom stereocenters. The number of hydrazone groups is 1. The molecule has 27 heavy (non-hydrogen) atoms. The average Bonchev–Trinajstić information content (AvgIpc) is 3.18. The van der Waals surface area contributed by atoms with Gasteiger partial charge in [-0.15, -0.1) is 11.3 Å². The van der Waals surface area contributed by atoms with Crippen molar-refractivity contribution in [1.82, 2.24) is 5.43 Å². The van der Waals surface area contributed by atoms with E-state index in [-0.39, 0.29) is 18.3 Å². The monoisotopic (exact) mass is 379 g/mol. The molecule has 7 heteroatoms. The van der Waals surface area contributed by atoms with Crippen molar-refractivity contribution in [3.8, 4) is 22.3 Å². The first kappa shape index (κ1) is 18.3. The molecule has 134 valence electrons. The second-order valence-corrected chi connectivity index (χ2v) is 6.47. The fourth-order valence-corrected chi connectivity index (χ4v) is 3.12. The molecule has 1 N–H and O–H groups in total. The number of nitrogens with zero attached hydrogens (tertiary/aromatic N) is 2. The van der Waals surface area contributed by atoms with Crippen molar-refractivity contribution in [3.05, 3.63) is 76.9 Å². The minimum Gasteiger partial charge on any atom is -0.479 e. The van der Waals surface area contributed by atoms with Gasteiger partial charge < -0.3 is 4.74 Å². The lowest BCUT2D eigenvalue weighted by Crippen LogP contribution is -2.16. The maximum Gasteiger partial charge on any atom is 0.281 e. The molecule has 0 spiro atoms. The van der Waals surface area contributed by atoms with Crippen LogP contribution < -0.4 is 10.2 Å². The van der Waals surface area contributed by atoms with Crippen LogP contribution in [0.15, 0.2) is 65.8 Å². The summed E-state index contributed by atoms with van der Waals surface area (Å²) in [5.41, 5.74) is 4.10. The van der Waals surface area contributed by atoms with Crippen molar-refractivity contribution in [3.63, 3.8) is 0 Å². The lowest BCUT2D eigenvalue weighted by Gasteiger charge is -2.01. The average molecular weight is 379 g/mol. The van der Waals surface area contributed by atoms with E-state index in [4.69, 9.17) is 10.00 Å². The summed E-state index contributed by atoms with van der Waals surface area (Å²) in [6, 6.07) is 18.5. The number of halogens is 1. The maximum atomic E-state index is 13.0. The van der Waals surface area contributed by atoms with E-state index in [0.29, 0.717) is 10.6 Å². The minimum atomic E-state index is -0.321. The highest BCUT2D eigenvalue weighted by Gasteiger charge is 2.09. The summed E-state index contributed by atoms with van der Waals surface area (Å²) in [6.45, 7) is -0.00971. The molecular weight excluding hydrogens is 365 g/mol. The molecule has 2 aromatic carbocycles. The van der Waals surface area contributed by atoms with Crippen molar-refractivity contribution in [2.24, 2.45) is 5.10 Å². The second-order valence-electron chi connectivity index (χ2n) is 5.39. The molecule has 0 aliphatic rings. The number of nitrogens with one attached hydrogen (secondary N) is 1. The Labute approximate surface area is 159 Å². The van der Waals surface area contributed by atoms with Crippen molar-refractivity contribution in [2.75, 3.05) is 6.61 Å². The summed E-state index contributed by atoms with van der Waals surface area (Å²) in [7, 11) is 0. The molecule has 5 nitrogen and oxygen atoms in total. The zero-order valence-electron chi connectivity index (χ0n) is 14.1. The van der Waals surface area contributed by atoms with Crippen molar-refractivity contribution in [2.45, 2.75) is 0 Å². The topological polar surface area (TPSA) is 74.5 Å². The van der Waals surface area contributed by atoms with Crippen LogP contribution in [0.4, 0.5) is 4.39 Å². The maximum absolute atomic E-state index is 13.0. The summed E-state index contributed by atoms with van der Waals surface area (Å²) >= 11 is 1.30. The standard InChI is InChI=1S/C20H14FN3O2S/c21-16-5-3-15(4-6-16)18-9-10-19(27-18)20(25)24-23-13-14-1-7-17(8-2-14)26-12-11-22/h1-10,13H,12H2,(H,24,25)/b23-13-. The van der Waals surface area contributed by atoms with Gasteiger partial charge >= 0.3 is 0 Å². The first-order chi connectivity index (χ1) is 13.2. The van der Waals surface area contributed by atoms with Gasteiger partial charge in [0.25, 0.3) is 5.91 Å². The Morgan fingerprint density at radius 2 is 1.89 bits per heavy atom. The molecule has 0 saturated heterocycles. The van der Waals surface area contributed by atoms with Gasteiger partial charge in [-0.1, -0.05) is 12.1 Å². The van der Waals surface area contributed by atoms with Gasteiger partial charge in [0.05, 0.1) is 11.1 Å². The Balaban J connectivity index is 1.58. The van der Waals surface area contributed by atoms with Gasteiger partial charge in [-0.25, -0.2) is 9.82 Å². The van der Waals surface area contributed by atoms with Crippen molar-refractivity contribution >= 4 is 23.5 Å². The number of hydrogen-bond acceptors (Lipinski definition) is 5. The highest BCUT2D eigenvalue weighted by Crippen LogP contribution is 2.28. The van der Waals surface area contributed by atoms with Crippen molar-refractivity contribution in [1.29, 1.82) is 5.26 Å².